The molecule has 3 rings (SSSR count). The molecule has 1 aromatic heterocycles. The number of hydrogen-bond acceptors (Lipinski definition) is 5. The monoisotopic (exact) mass is 395 g/mol. The molecule has 1 aromatic carbocycles. The van der Waals surface area contributed by atoms with Gasteiger partial charge in [-0.15, -0.1) is 0 Å². The maximum absolute atomic E-state index is 12.6. The summed E-state index contributed by atoms with van der Waals surface area (Å²) >= 11 is 0. The molecule has 0 aliphatic carbocycles. The first kappa shape index (κ1) is 20.1. The summed E-state index contributed by atoms with van der Waals surface area (Å²) in [5.74, 6) is -1.64. The highest BCUT2D eigenvalue weighted by Gasteiger charge is 2.38. The van der Waals surface area contributed by atoms with Crippen LogP contribution in [0.2, 0.25) is 0 Å². The molecule has 6 nitrogen and oxygen atoms in total. The van der Waals surface area contributed by atoms with Gasteiger partial charge in [-0.2, -0.15) is 18.2 Å². The average molecular weight is 395 g/mol. The molecule has 1 aliphatic heterocycles. The third-order valence-electron chi connectivity index (χ3n) is 4.32. The fraction of sp³-hybridized carbons (Fsp3) is 0.421. The second-order valence-electron chi connectivity index (χ2n) is 6.47. The second-order valence-corrected chi connectivity index (χ2v) is 6.47. The van der Waals surface area contributed by atoms with Crippen LogP contribution in [-0.2, 0) is 22.3 Å². The van der Waals surface area contributed by atoms with Gasteiger partial charge in [0.25, 0.3) is 0 Å². The lowest BCUT2D eigenvalue weighted by atomic mass is 10.1. The van der Waals surface area contributed by atoms with Crippen LogP contribution in [0.15, 0.2) is 40.9 Å². The van der Waals surface area contributed by atoms with E-state index in [2.05, 4.69) is 14.7 Å². The fourth-order valence-corrected chi connectivity index (χ4v) is 2.95. The third-order valence-corrected chi connectivity index (χ3v) is 4.32. The largest absolute Gasteiger partial charge is 0.471 e. The summed E-state index contributed by atoms with van der Waals surface area (Å²) in [6, 6.07) is 6.66. The number of amides is 1. The number of carbonyl (C=O) groups is 1. The van der Waals surface area contributed by atoms with Gasteiger partial charge in [0.15, 0.2) is 0 Å². The van der Waals surface area contributed by atoms with E-state index in [1.54, 1.807) is 42.2 Å². The van der Waals surface area contributed by atoms with Gasteiger partial charge in [-0.25, -0.2) is 0 Å². The summed E-state index contributed by atoms with van der Waals surface area (Å²) in [5.41, 5.74) is 1.23. The van der Waals surface area contributed by atoms with Crippen molar-refractivity contribution in [3.63, 3.8) is 0 Å². The lowest BCUT2D eigenvalue weighted by molar-refractivity contribution is -0.159. The molecule has 1 amide bonds. The molecular weight excluding hydrogens is 375 g/mol. The smallest absolute Gasteiger partial charge is 0.376 e. The molecule has 0 radical (unpaired) electrons. The predicted molar refractivity (Wildman–Crippen MR) is 93.9 cm³/mol. The molecule has 0 bridgehead atoms. The number of nitrogens with zero attached hydrogens (tertiary/aromatic N) is 3. The highest BCUT2D eigenvalue weighted by molar-refractivity contribution is 5.87. The van der Waals surface area contributed by atoms with Crippen LogP contribution in [0.5, 0.6) is 0 Å². The van der Waals surface area contributed by atoms with Gasteiger partial charge >= 0.3 is 12.1 Å². The van der Waals surface area contributed by atoms with E-state index in [0.717, 1.165) is 18.4 Å². The predicted octanol–water partition coefficient (Wildman–Crippen LogP) is 3.84. The fourth-order valence-electron chi connectivity index (χ4n) is 2.95. The molecule has 1 saturated heterocycles. The van der Waals surface area contributed by atoms with Crippen LogP contribution in [0.1, 0.15) is 31.2 Å². The van der Waals surface area contributed by atoms with E-state index < -0.39 is 12.1 Å². The molecule has 1 atom stereocenters. The van der Waals surface area contributed by atoms with Gasteiger partial charge in [0.05, 0.1) is 6.10 Å². The summed E-state index contributed by atoms with van der Waals surface area (Å²) in [4.78, 5) is 17.4. The minimum atomic E-state index is -4.68. The Morgan fingerprint density at radius 3 is 2.64 bits per heavy atom. The Kier molecular flexibility index (Phi) is 6.13. The lowest BCUT2D eigenvalue weighted by Gasteiger charge is -2.24. The Balaban J connectivity index is 1.71. The first-order chi connectivity index (χ1) is 13.4. The second kappa shape index (κ2) is 8.55. The Morgan fingerprint density at radius 1 is 1.32 bits per heavy atom. The van der Waals surface area contributed by atoms with Crippen LogP contribution >= 0.6 is 0 Å². The molecule has 0 saturated carbocycles. The first-order valence-corrected chi connectivity index (χ1v) is 8.90. The zero-order chi connectivity index (χ0) is 20.1. The number of halogens is 3. The highest BCUT2D eigenvalue weighted by Crippen LogP contribution is 2.29. The minimum absolute atomic E-state index is 0.0219. The molecule has 2 aromatic rings. The zero-order valence-corrected chi connectivity index (χ0v) is 15.3. The van der Waals surface area contributed by atoms with Gasteiger partial charge in [-0.05, 0) is 31.4 Å². The van der Waals surface area contributed by atoms with E-state index in [9.17, 15) is 18.0 Å². The van der Waals surface area contributed by atoms with Crippen molar-refractivity contribution in [3.05, 3.63) is 47.9 Å². The van der Waals surface area contributed by atoms with E-state index >= 15 is 0 Å². The molecule has 150 valence electrons. The van der Waals surface area contributed by atoms with Crippen molar-refractivity contribution >= 4 is 5.91 Å². The molecule has 2 heterocycles. The molecule has 0 spiro atoms. The van der Waals surface area contributed by atoms with Crippen LogP contribution in [-0.4, -0.2) is 40.2 Å². The van der Waals surface area contributed by atoms with E-state index in [-0.39, 0.29) is 17.8 Å². The Hall–Kier alpha value is -2.68. The lowest BCUT2D eigenvalue weighted by Crippen LogP contribution is -2.35. The molecule has 0 N–H and O–H groups in total. The molecule has 9 heteroatoms. The maximum Gasteiger partial charge on any atom is 0.471 e. The number of carbonyl (C=O) groups excluding carboxylic acids is 1. The first-order valence-electron chi connectivity index (χ1n) is 8.90. The van der Waals surface area contributed by atoms with Crippen molar-refractivity contribution in [3.8, 4) is 11.4 Å². The maximum atomic E-state index is 12.6. The number of benzene rings is 1. The standard InChI is InChI=1S/C19H20F3N3O3/c1-2-4-16(26)25(12-15-5-3-10-27-15)11-13-6-8-14(9-7-13)17-23-18(28-24-17)19(20,21)22/h2,4,6-9,15H,3,5,10-12H2,1H3. The van der Waals surface area contributed by atoms with Gasteiger partial charge in [0.1, 0.15) is 0 Å². The van der Waals surface area contributed by atoms with Crippen molar-refractivity contribution in [2.24, 2.45) is 0 Å². The van der Waals surface area contributed by atoms with Crippen molar-refractivity contribution < 1.29 is 27.2 Å². The Bertz CT molecular complexity index is 825. The van der Waals surface area contributed by atoms with Gasteiger partial charge < -0.3 is 14.2 Å². The number of aromatic nitrogens is 2. The quantitative estimate of drug-likeness (QED) is 0.695. The van der Waals surface area contributed by atoms with Crippen LogP contribution in [0, 0.1) is 0 Å². The molecule has 1 aliphatic rings. The summed E-state index contributed by atoms with van der Waals surface area (Å²) < 4.78 is 47.6. The van der Waals surface area contributed by atoms with E-state index in [1.807, 2.05) is 0 Å². The van der Waals surface area contributed by atoms with Crippen molar-refractivity contribution in [2.75, 3.05) is 13.2 Å². The Morgan fingerprint density at radius 2 is 2.07 bits per heavy atom. The molecular formula is C19H20F3N3O3. The van der Waals surface area contributed by atoms with E-state index in [0.29, 0.717) is 25.3 Å². The average Bonchev–Trinajstić information content (AvgIpc) is 3.33. The third kappa shape index (κ3) is 4.98. The zero-order valence-electron chi connectivity index (χ0n) is 15.3. The number of allylic oxidation sites excluding steroid dienone is 1. The summed E-state index contributed by atoms with van der Waals surface area (Å²) in [7, 11) is 0. The molecule has 1 unspecified atom stereocenters. The highest BCUT2D eigenvalue weighted by atomic mass is 19.4. The van der Waals surface area contributed by atoms with Crippen molar-refractivity contribution in [1.29, 1.82) is 0 Å². The normalized spacial score (nSPS) is 17.4. The van der Waals surface area contributed by atoms with Crippen molar-refractivity contribution in [1.82, 2.24) is 15.0 Å². The minimum Gasteiger partial charge on any atom is -0.376 e. The van der Waals surface area contributed by atoms with Crippen LogP contribution < -0.4 is 0 Å². The van der Waals surface area contributed by atoms with Crippen LogP contribution in [0.4, 0.5) is 13.2 Å². The van der Waals surface area contributed by atoms with Gasteiger partial charge in [-0.3, -0.25) is 4.79 Å². The van der Waals surface area contributed by atoms with E-state index in [1.165, 1.54) is 6.08 Å². The summed E-state index contributed by atoms with van der Waals surface area (Å²) in [5, 5.41) is 3.37. The number of alkyl halides is 3. The van der Waals surface area contributed by atoms with Crippen LogP contribution in [0.25, 0.3) is 11.4 Å². The van der Waals surface area contributed by atoms with Gasteiger partial charge in [0.2, 0.25) is 11.7 Å². The van der Waals surface area contributed by atoms with E-state index in [4.69, 9.17) is 4.74 Å². The number of ether oxygens (including phenoxy) is 1. The van der Waals surface area contributed by atoms with Gasteiger partial charge in [0, 0.05) is 25.3 Å². The topological polar surface area (TPSA) is 68.5 Å². The molecule has 28 heavy (non-hydrogen) atoms. The molecule has 1 fully saturated rings. The number of rotatable bonds is 6. The Labute approximate surface area is 160 Å². The van der Waals surface area contributed by atoms with Crippen molar-refractivity contribution in [2.45, 2.75) is 38.6 Å². The SMILES string of the molecule is CC=CC(=O)N(Cc1ccc(-c2noc(C(F)(F)F)n2)cc1)CC1CCCO1. The van der Waals surface area contributed by atoms with Gasteiger partial charge in [-0.1, -0.05) is 35.5 Å². The van der Waals surface area contributed by atoms with Crippen LogP contribution in [0.3, 0.4) is 0 Å². The number of hydrogen-bond donors (Lipinski definition) is 0. The summed E-state index contributed by atoms with van der Waals surface area (Å²) in [6.07, 6.45) is 0.423. The summed E-state index contributed by atoms with van der Waals surface area (Å²) in [6.45, 7) is 3.33.